The Morgan fingerprint density at radius 1 is 1.14 bits per heavy atom. The molecule has 0 radical (unpaired) electrons. The molecule has 0 amide bonds. The van der Waals surface area contributed by atoms with E-state index in [1.165, 1.54) is 12.3 Å². The Morgan fingerprint density at radius 2 is 1.90 bits per heavy atom. The van der Waals surface area contributed by atoms with Crippen LogP contribution in [0.4, 0.5) is 0 Å². The van der Waals surface area contributed by atoms with Crippen LogP contribution in [0.25, 0.3) is 22.1 Å². The highest BCUT2D eigenvalue weighted by Gasteiger charge is 2.14. The Labute approximate surface area is 121 Å². The number of para-hydroxylation sites is 1. The molecule has 1 heterocycles. The summed E-state index contributed by atoms with van der Waals surface area (Å²) in [6.45, 7) is 1.74. The molecule has 0 bridgehead atoms. The Hall–Kier alpha value is -2.75. The average molecular weight is 282 g/mol. The maximum atomic E-state index is 12.7. The van der Waals surface area contributed by atoms with Crippen molar-refractivity contribution in [3.63, 3.8) is 0 Å². The number of methoxy groups -OCH3 is 1. The first-order valence-corrected chi connectivity index (χ1v) is 6.50. The SMILES string of the molecule is COc1ccccc1-c1coc2cc(O)c(C)cc2c1=O. The number of ether oxygens (including phenoxy) is 1. The van der Waals surface area contributed by atoms with Crippen LogP contribution < -0.4 is 10.2 Å². The van der Waals surface area contributed by atoms with E-state index in [2.05, 4.69) is 0 Å². The van der Waals surface area contributed by atoms with Gasteiger partial charge in [-0.25, -0.2) is 0 Å². The molecule has 0 saturated carbocycles. The molecule has 4 heteroatoms. The topological polar surface area (TPSA) is 59.7 Å². The average Bonchev–Trinajstić information content (AvgIpc) is 2.50. The van der Waals surface area contributed by atoms with Crippen LogP contribution in [-0.4, -0.2) is 12.2 Å². The number of phenols is 1. The van der Waals surface area contributed by atoms with E-state index in [-0.39, 0.29) is 11.2 Å². The molecule has 0 spiro atoms. The lowest BCUT2D eigenvalue weighted by Gasteiger charge is -2.08. The number of rotatable bonds is 2. The molecule has 4 nitrogen and oxygen atoms in total. The molecule has 0 aliphatic carbocycles. The normalized spacial score (nSPS) is 10.8. The predicted octanol–water partition coefficient (Wildman–Crippen LogP) is 3.48. The highest BCUT2D eigenvalue weighted by atomic mass is 16.5. The zero-order chi connectivity index (χ0) is 15.0. The molecule has 3 aromatic rings. The summed E-state index contributed by atoms with van der Waals surface area (Å²) in [5, 5.41) is 10.1. The fourth-order valence-corrected chi connectivity index (χ4v) is 2.33. The van der Waals surface area contributed by atoms with E-state index >= 15 is 0 Å². The fourth-order valence-electron chi connectivity index (χ4n) is 2.33. The third kappa shape index (κ3) is 2.14. The molecule has 3 rings (SSSR count). The number of aryl methyl sites for hydroxylation is 1. The molecule has 0 atom stereocenters. The van der Waals surface area contributed by atoms with Crippen molar-refractivity contribution in [1.29, 1.82) is 0 Å². The minimum atomic E-state index is -0.149. The van der Waals surface area contributed by atoms with Gasteiger partial charge in [0.2, 0.25) is 5.43 Å². The summed E-state index contributed by atoms with van der Waals surface area (Å²) in [5.74, 6) is 0.718. The van der Waals surface area contributed by atoms with E-state index in [1.54, 1.807) is 26.2 Å². The third-order valence-electron chi connectivity index (χ3n) is 3.49. The Kier molecular flexibility index (Phi) is 3.14. The summed E-state index contributed by atoms with van der Waals surface area (Å²) in [7, 11) is 1.56. The van der Waals surface area contributed by atoms with Crippen LogP contribution in [0.5, 0.6) is 11.5 Å². The molecular weight excluding hydrogens is 268 g/mol. The van der Waals surface area contributed by atoms with Crippen molar-refractivity contribution in [2.24, 2.45) is 0 Å². The summed E-state index contributed by atoms with van der Waals surface area (Å²) in [5.41, 5.74) is 1.96. The molecule has 0 saturated heterocycles. The summed E-state index contributed by atoms with van der Waals surface area (Å²) in [6.07, 6.45) is 1.40. The first-order chi connectivity index (χ1) is 10.1. The highest BCUT2D eigenvalue weighted by Crippen LogP contribution is 2.30. The van der Waals surface area contributed by atoms with Crippen molar-refractivity contribution in [3.8, 4) is 22.6 Å². The van der Waals surface area contributed by atoms with Crippen LogP contribution in [0.3, 0.4) is 0 Å². The van der Waals surface area contributed by atoms with Gasteiger partial charge in [-0.3, -0.25) is 4.79 Å². The Bertz CT molecular complexity index is 878. The number of hydrogen-bond acceptors (Lipinski definition) is 4. The van der Waals surface area contributed by atoms with E-state index < -0.39 is 0 Å². The van der Waals surface area contributed by atoms with E-state index in [0.29, 0.717) is 33.4 Å². The van der Waals surface area contributed by atoms with Crippen molar-refractivity contribution >= 4 is 11.0 Å². The van der Waals surface area contributed by atoms with Gasteiger partial charge in [0, 0.05) is 11.6 Å². The first kappa shape index (κ1) is 13.2. The van der Waals surface area contributed by atoms with Gasteiger partial charge in [0.1, 0.15) is 23.3 Å². The summed E-state index contributed by atoms with van der Waals surface area (Å²) in [4.78, 5) is 12.7. The van der Waals surface area contributed by atoms with Crippen LogP contribution in [-0.2, 0) is 0 Å². The standard InChI is InChI=1S/C17H14O4/c1-10-7-12-16(8-14(10)18)21-9-13(17(12)19)11-5-3-4-6-15(11)20-2/h3-9,18H,1-2H3. The first-order valence-electron chi connectivity index (χ1n) is 6.50. The number of phenolic OH excluding ortho intramolecular Hbond substituents is 1. The minimum Gasteiger partial charge on any atom is -0.508 e. The molecule has 2 aromatic carbocycles. The van der Waals surface area contributed by atoms with Crippen LogP contribution in [0, 0.1) is 6.92 Å². The van der Waals surface area contributed by atoms with Crippen molar-refractivity contribution in [2.75, 3.05) is 7.11 Å². The van der Waals surface area contributed by atoms with Gasteiger partial charge in [-0.05, 0) is 24.6 Å². The number of fused-ring (bicyclic) bond motifs is 1. The second-order valence-corrected chi connectivity index (χ2v) is 4.81. The fraction of sp³-hybridized carbons (Fsp3) is 0.118. The number of aromatic hydroxyl groups is 1. The highest BCUT2D eigenvalue weighted by molar-refractivity contribution is 5.84. The van der Waals surface area contributed by atoms with Crippen molar-refractivity contribution in [1.82, 2.24) is 0 Å². The Balaban J connectivity index is 2.32. The zero-order valence-electron chi connectivity index (χ0n) is 11.7. The van der Waals surface area contributed by atoms with Gasteiger partial charge in [-0.1, -0.05) is 18.2 Å². The molecular formula is C17H14O4. The van der Waals surface area contributed by atoms with Crippen LogP contribution in [0.2, 0.25) is 0 Å². The predicted molar refractivity (Wildman–Crippen MR) is 80.9 cm³/mol. The van der Waals surface area contributed by atoms with E-state index in [1.807, 2.05) is 18.2 Å². The molecule has 0 aliphatic rings. The molecule has 1 aromatic heterocycles. The molecule has 0 aliphatic heterocycles. The summed E-state index contributed by atoms with van der Waals surface area (Å²) in [6, 6.07) is 10.4. The second kappa shape index (κ2) is 4.98. The number of benzene rings is 2. The van der Waals surface area contributed by atoms with Crippen LogP contribution in [0.15, 0.2) is 51.9 Å². The van der Waals surface area contributed by atoms with E-state index in [9.17, 15) is 9.90 Å². The van der Waals surface area contributed by atoms with Crippen LogP contribution in [0.1, 0.15) is 5.56 Å². The molecule has 0 fully saturated rings. The molecule has 1 N–H and O–H groups in total. The minimum absolute atomic E-state index is 0.107. The quantitative estimate of drug-likeness (QED) is 0.781. The van der Waals surface area contributed by atoms with Gasteiger partial charge in [0.15, 0.2) is 0 Å². The van der Waals surface area contributed by atoms with Gasteiger partial charge in [0.25, 0.3) is 0 Å². The monoisotopic (exact) mass is 282 g/mol. The number of hydrogen-bond donors (Lipinski definition) is 1. The molecule has 106 valence electrons. The van der Waals surface area contributed by atoms with Gasteiger partial charge < -0.3 is 14.3 Å². The van der Waals surface area contributed by atoms with Crippen molar-refractivity contribution < 1.29 is 14.3 Å². The Morgan fingerprint density at radius 3 is 2.67 bits per heavy atom. The van der Waals surface area contributed by atoms with E-state index in [4.69, 9.17) is 9.15 Å². The van der Waals surface area contributed by atoms with Gasteiger partial charge >= 0.3 is 0 Å². The van der Waals surface area contributed by atoms with Gasteiger partial charge in [-0.2, -0.15) is 0 Å². The third-order valence-corrected chi connectivity index (χ3v) is 3.49. The molecule has 21 heavy (non-hydrogen) atoms. The maximum absolute atomic E-state index is 12.7. The smallest absolute Gasteiger partial charge is 0.200 e. The maximum Gasteiger partial charge on any atom is 0.200 e. The van der Waals surface area contributed by atoms with Crippen molar-refractivity contribution in [3.05, 3.63) is 58.4 Å². The zero-order valence-corrected chi connectivity index (χ0v) is 11.7. The largest absolute Gasteiger partial charge is 0.508 e. The summed E-state index contributed by atoms with van der Waals surface area (Å²) >= 11 is 0. The summed E-state index contributed by atoms with van der Waals surface area (Å²) < 4.78 is 10.8. The molecule has 0 unspecified atom stereocenters. The van der Waals surface area contributed by atoms with E-state index in [0.717, 1.165) is 0 Å². The lowest BCUT2D eigenvalue weighted by molar-refractivity contribution is 0.416. The van der Waals surface area contributed by atoms with Crippen molar-refractivity contribution in [2.45, 2.75) is 6.92 Å². The van der Waals surface area contributed by atoms with Gasteiger partial charge in [0.05, 0.1) is 18.1 Å². The lowest BCUT2D eigenvalue weighted by atomic mass is 10.0. The van der Waals surface area contributed by atoms with Crippen LogP contribution >= 0.6 is 0 Å². The second-order valence-electron chi connectivity index (χ2n) is 4.81. The lowest BCUT2D eigenvalue weighted by Crippen LogP contribution is -2.05. The van der Waals surface area contributed by atoms with Gasteiger partial charge in [-0.15, -0.1) is 0 Å².